The van der Waals surface area contributed by atoms with Crippen LogP contribution in [0.3, 0.4) is 0 Å². The maximum atomic E-state index is 14.7. The summed E-state index contributed by atoms with van der Waals surface area (Å²) in [7, 11) is 3.16. The Morgan fingerprint density at radius 1 is 1.20 bits per heavy atom. The molecule has 154 valence electrons. The van der Waals surface area contributed by atoms with Crippen molar-refractivity contribution in [2.75, 3.05) is 14.2 Å². The van der Waals surface area contributed by atoms with E-state index in [-0.39, 0.29) is 11.9 Å². The predicted octanol–water partition coefficient (Wildman–Crippen LogP) is 3.67. The van der Waals surface area contributed by atoms with Crippen molar-refractivity contribution in [2.45, 2.75) is 12.5 Å². The second-order valence-electron chi connectivity index (χ2n) is 6.91. The summed E-state index contributed by atoms with van der Waals surface area (Å²) in [4.78, 5) is 19.3. The number of halogens is 2. The lowest BCUT2D eigenvalue weighted by Crippen LogP contribution is -2.41. The Morgan fingerprint density at radius 3 is 2.53 bits per heavy atom. The SMILES string of the molecule is COc1ccc([C@@]2(c3ccc(F)c(C4=CN=IN=C4)c3)N=C(N)N(C)C2=O)cc1C. The third kappa shape index (κ3) is 3.13. The highest BCUT2D eigenvalue weighted by Gasteiger charge is 2.49. The first-order chi connectivity index (χ1) is 14.4. The van der Waals surface area contributed by atoms with Gasteiger partial charge in [0.25, 0.3) is 5.91 Å². The third-order valence-corrected chi connectivity index (χ3v) is 6.27. The van der Waals surface area contributed by atoms with Crippen LogP contribution in [-0.2, 0) is 10.3 Å². The fourth-order valence-electron chi connectivity index (χ4n) is 3.61. The van der Waals surface area contributed by atoms with E-state index in [0.717, 1.165) is 5.56 Å². The Balaban J connectivity index is 1.96. The van der Waals surface area contributed by atoms with E-state index < -0.39 is 32.7 Å². The first-order valence-corrected chi connectivity index (χ1v) is 11.0. The molecular weight excluding hydrogens is 500 g/mol. The van der Waals surface area contributed by atoms with Gasteiger partial charge in [0.05, 0.1) is 7.11 Å². The van der Waals surface area contributed by atoms with Gasteiger partial charge in [-0.15, -0.1) is 0 Å². The molecule has 4 rings (SSSR count). The number of rotatable bonds is 4. The number of aryl methyl sites for hydroxylation is 1. The molecule has 1 atom stereocenters. The Bertz CT molecular complexity index is 1170. The summed E-state index contributed by atoms with van der Waals surface area (Å²) >= 11 is -0.622. The molecule has 0 aromatic heterocycles. The normalized spacial score (nSPS) is 20.7. The van der Waals surface area contributed by atoms with Crippen LogP contribution in [0.1, 0.15) is 22.3 Å². The maximum Gasteiger partial charge on any atom is 0.266 e. The minimum Gasteiger partial charge on any atom is -0.496 e. The minimum atomic E-state index is -1.42. The van der Waals surface area contributed by atoms with Gasteiger partial charge >= 0.3 is 0 Å². The molecule has 1 amide bonds. The Kier molecular flexibility index (Phi) is 5.22. The Labute approximate surface area is 183 Å². The average molecular weight is 519 g/mol. The number of hydrogen-bond donors (Lipinski definition) is 1. The van der Waals surface area contributed by atoms with Gasteiger partial charge < -0.3 is 10.5 Å². The van der Waals surface area contributed by atoms with E-state index in [2.05, 4.69) is 11.3 Å². The lowest BCUT2D eigenvalue weighted by Gasteiger charge is -2.27. The number of methoxy groups -OCH3 is 1. The number of allylic oxidation sites excluding steroid dienone is 1. The van der Waals surface area contributed by atoms with Crippen LogP contribution >= 0.6 is 21.3 Å². The number of nitrogens with two attached hydrogens (primary N) is 1. The molecule has 0 unspecified atom stereocenters. The van der Waals surface area contributed by atoms with Gasteiger partial charge in [-0.05, 0) is 47.9 Å². The first kappa shape index (κ1) is 20.3. The number of benzene rings is 2. The summed E-state index contributed by atoms with van der Waals surface area (Å²) in [6, 6.07) is 9.93. The van der Waals surface area contributed by atoms with E-state index in [1.54, 1.807) is 50.8 Å². The summed E-state index contributed by atoms with van der Waals surface area (Å²) in [5, 5.41) is 0. The molecule has 2 aromatic rings. The van der Waals surface area contributed by atoms with Gasteiger partial charge in [-0.3, -0.25) is 9.69 Å². The van der Waals surface area contributed by atoms with Gasteiger partial charge in [0.2, 0.25) is 0 Å². The molecule has 2 aliphatic rings. The molecule has 2 N–H and O–H groups in total. The van der Waals surface area contributed by atoms with E-state index in [4.69, 9.17) is 10.5 Å². The zero-order valence-corrected chi connectivity index (χ0v) is 18.7. The van der Waals surface area contributed by atoms with E-state index in [0.29, 0.717) is 28.0 Å². The molecular formula is C21H19FIN5O2. The lowest BCUT2D eigenvalue weighted by molar-refractivity contribution is -0.129. The van der Waals surface area contributed by atoms with Crippen LogP contribution in [0.5, 0.6) is 5.75 Å². The van der Waals surface area contributed by atoms with E-state index in [9.17, 15) is 9.18 Å². The number of carbonyl (C=O) groups excluding carboxylic acids is 1. The topological polar surface area (TPSA) is 92.6 Å². The van der Waals surface area contributed by atoms with Crippen molar-refractivity contribution in [1.82, 2.24) is 4.90 Å². The number of ether oxygens (including phenoxy) is 1. The largest absolute Gasteiger partial charge is 0.496 e. The second kappa shape index (κ2) is 7.71. The van der Waals surface area contributed by atoms with Crippen LogP contribution in [0, 0.1) is 12.7 Å². The second-order valence-corrected chi connectivity index (χ2v) is 8.45. The number of carbonyl (C=O) groups is 1. The first-order valence-electron chi connectivity index (χ1n) is 9.04. The molecule has 0 fully saturated rings. The zero-order valence-electron chi connectivity index (χ0n) is 16.6. The fourth-order valence-corrected chi connectivity index (χ4v) is 4.60. The number of guanidine groups is 1. The molecule has 0 bridgehead atoms. The monoisotopic (exact) mass is 519 g/mol. The highest BCUT2D eigenvalue weighted by atomic mass is 127. The van der Waals surface area contributed by atoms with Crippen molar-refractivity contribution in [2.24, 2.45) is 17.1 Å². The van der Waals surface area contributed by atoms with Gasteiger partial charge in [-0.25, -0.2) is 15.7 Å². The molecule has 0 aliphatic carbocycles. The Hall–Kier alpha value is -2.95. The van der Waals surface area contributed by atoms with Crippen molar-refractivity contribution >= 4 is 45.0 Å². The van der Waals surface area contributed by atoms with Gasteiger partial charge in [0.15, 0.2) is 11.5 Å². The molecule has 0 saturated heterocycles. The van der Waals surface area contributed by atoms with Crippen LogP contribution in [0.15, 0.2) is 53.9 Å². The molecule has 0 radical (unpaired) electrons. The van der Waals surface area contributed by atoms with E-state index in [1.165, 1.54) is 11.0 Å². The smallest absolute Gasteiger partial charge is 0.266 e. The summed E-state index contributed by atoms with van der Waals surface area (Å²) in [6.07, 6.45) is 3.24. The van der Waals surface area contributed by atoms with Gasteiger partial charge in [0.1, 0.15) is 32.9 Å². The standard InChI is InChI=1S/C21H19FIN5O2/c1-12-8-14(5-7-18(12)30-3)21(19(29)28(2)20(24)27-21)15-4-6-17(22)16(9-15)13-10-25-23-26-11-13/h4-11H,1-3H3,(H2,24,27)/t21-/m0/s1. The van der Waals surface area contributed by atoms with Crippen LogP contribution in [0.25, 0.3) is 5.57 Å². The minimum absolute atomic E-state index is 0.0949. The third-order valence-electron chi connectivity index (χ3n) is 5.21. The number of likely N-dealkylation sites (N-methyl/N-ethyl adjacent to an activating group) is 1. The zero-order chi connectivity index (χ0) is 21.5. The quantitative estimate of drug-likeness (QED) is 0.625. The van der Waals surface area contributed by atoms with Crippen molar-refractivity contribution in [3.63, 3.8) is 0 Å². The molecule has 7 nitrogen and oxygen atoms in total. The van der Waals surface area contributed by atoms with Crippen molar-refractivity contribution < 1.29 is 13.9 Å². The predicted molar refractivity (Wildman–Crippen MR) is 122 cm³/mol. The van der Waals surface area contributed by atoms with E-state index >= 15 is 0 Å². The molecule has 9 heteroatoms. The van der Waals surface area contributed by atoms with Crippen LogP contribution in [0.2, 0.25) is 0 Å². The van der Waals surface area contributed by atoms with Crippen molar-refractivity contribution in [3.05, 3.63) is 70.7 Å². The molecule has 0 saturated carbocycles. The van der Waals surface area contributed by atoms with E-state index in [1.807, 2.05) is 13.0 Å². The summed E-state index contributed by atoms with van der Waals surface area (Å²) in [5.41, 5.74) is 7.45. The van der Waals surface area contributed by atoms with Gasteiger partial charge in [-0.1, -0.05) is 12.1 Å². The highest BCUT2D eigenvalue weighted by molar-refractivity contribution is 14.1. The average Bonchev–Trinajstić information content (AvgIpc) is 2.99. The highest BCUT2D eigenvalue weighted by Crippen LogP contribution is 2.41. The number of aliphatic imine (C=N–C) groups is 1. The van der Waals surface area contributed by atoms with Gasteiger partial charge in [-0.2, -0.15) is 0 Å². The molecule has 2 aromatic carbocycles. The maximum absolute atomic E-state index is 14.7. The van der Waals surface area contributed by atoms with Crippen molar-refractivity contribution in [1.29, 1.82) is 0 Å². The molecule has 0 spiro atoms. The van der Waals surface area contributed by atoms with Crippen LogP contribution in [-0.4, -0.2) is 37.1 Å². The summed E-state index contributed by atoms with van der Waals surface area (Å²) < 4.78 is 28.4. The van der Waals surface area contributed by atoms with Gasteiger partial charge in [0, 0.05) is 30.6 Å². The number of nitrogens with zero attached hydrogens (tertiary/aromatic N) is 4. The number of amides is 1. The molecule has 2 aliphatic heterocycles. The molecule has 30 heavy (non-hydrogen) atoms. The fraction of sp³-hybridized carbons (Fsp3) is 0.190. The lowest BCUT2D eigenvalue weighted by atomic mass is 9.81. The summed E-state index contributed by atoms with van der Waals surface area (Å²) in [6.45, 7) is 1.89. The van der Waals surface area contributed by atoms with Crippen molar-refractivity contribution in [3.8, 4) is 5.75 Å². The van der Waals surface area contributed by atoms with Crippen LogP contribution in [0.4, 0.5) is 4.39 Å². The molecule has 2 heterocycles. The summed E-state index contributed by atoms with van der Waals surface area (Å²) in [5.74, 6) is 0.0445. The van der Waals surface area contributed by atoms with Crippen LogP contribution < -0.4 is 10.5 Å². The Morgan fingerprint density at radius 2 is 1.93 bits per heavy atom. The number of hydrogen-bond acceptors (Lipinski definition) is 6.